The largest absolute Gasteiger partial charge is 0.497 e. The van der Waals surface area contributed by atoms with E-state index in [1.165, 1.54) is 12.0 Å². The lowest BCUT2D eigenvalue weighted by Crippen LogP contribution is -2.61. The highest BCUT2D eigenvalue weighted by molar-refractivity contribution is 5.96. The first-order chi connectivity index (χ1) is 11.5. The number of halogens is 1. The summed E-state index contributed by atoms with van der Waals surface area (Å²) in [4.78, 5) is 26.2. The first-order valence-corrected chi connectivity index (χ1v) is 7.83. The van der Waals surface area contributed by atoms with Crippen LogP contribution in [0.4, 0.5) is 4.39 Å². The molecular weight excluding hydrogens is 317 g/mol. The molecular formula is C17H20FNO5. The molecule has 3 rings (SSSR count). The van der Waals surface area contributed by atoms with Crippen LogP contribution in [0.15, 0.2) is 24.3 Å². The Morgan fingerprint density at radius 1 is 1.33 bits per heavy atom. The highest BCUT2D eigenvalue weighted by Gasteiger charge is 2.68. The number of rotatable bonds is 4. The molecule has 6 nitrogen and oxygen atoms in total. The van der Waals surface area contributed by atoms with Crippen LogP contribution in [0.5, 0.6) is 5.75 Å². The predicted molar refractivity (Wildman–Crippen MR) is 82.6 cm³/mol. The van der Waals surface area contributed by atoms with Crippen molar-refractivity contribution in [2.24, 2.45) is 5.41 Å². The summed E-state index contributed by atoms with van der Waals surface area (Å²) in [5.41, 5.74) is -2.87. The maximum atomic E-state index is 15.5. The fraction of sp³-hybridized carbons (Fsp3) is 0.529. The van der Waals surface area contributed by atoms with Gasteiger partial charge in [-0.3, -0.25) is 4.79 Å². The molecule has 0 N–H and O–H groups in total. The second-order valence-electron chi connectivity index (χ2n) is 6.19. The molecule has 1 spiro atoms. The summed E-state index contributed by atoms with van der Waals surface area (Å²) in [5.74, 6) is -0.725. The van der Waals surface area contributed by atoms with Gasteiger partial charge >= 0.3 is 5.97 Å². The minimum absolute atomic E-state index is 0.0886. The molecule has 1 atom stereocenters. The maximum Gasteiger partial charge on any atom is 0.346 e. The first kappa shape index (κ1) is 16.7. The van der Waals surface area contributed by atoms with E-state index in [-0.39, 0.29) is 38.8 Å². The second-order valence-corrected chi connectivity index (χ2v) is 6.19. The summed E-state index contributed by atoms with van der Waals surface area (Å²) in [6, 6.07) is 6.64. The number of esters is 1. The molecule has 0 aromatic heterocycles. The maximum absolute atomic E-state index is 15.5. The number of likely N-dealkylation sites (tertiary alicyclic amines) is 1. The van der Waals surface area contributed by atoms with Gasteiger partial charge in [-0.15, -0.1) is 0 Å². The van der Waals surface area contributed by atoms with Gasteiger partial charge in [-0.25, -0.2) is 9.18 Å². The number of benzene rings is 1. The van der Waals surface area contributed by atoms with Crippen LogP contribution in [-0.2, 0) is 14.3 Å². The average Bonchev–Trinajstić information content (AvgIpc) is 2.89. The van der Waals surface area contributed by atoms with Gasteiger partial charge < -0.3 is 19.1 Å². The van der Waals surface area contributed by atoms with Gasteiger partial charge in [0.2, 0.25) is 5.67 Å². The third-order valence-corrected chi connectivity index (χ3v) is 4.70. The molecule has 1 aromatic carbocycles. The fourth-order valence-corrected chi connectivity index (χ4v) is 3.25. The third-order valence-electron chi connectivity index (χ3n) is 4.70. The molecule has 2 heterocycles. The summed E-state index contributed by atoms with van der Waals surface area (Å²) in [6.45, 7) is 1.71. The van der Waals surface area contributed by atoms with Gasteiger partial charge in [0.1, 0.15) is 5.75 Å². The SMILES string of the molecule is CCOC(=O)C1(F)CN(C(=O)c2cccc(OC)c2)CC12COC2. The van der Waals surface area contributed by atoms with Crippen molar-refractivity contribution >= 4 is 11.9 Å². The van der Waals surface area contributed by atoms with Crippen molar-refractivity contribution < 1.29 is 28.2 Å². The quantitative estimate of drug-likeness (QED) is 0.778. The molecule has 1 aromatic rings. The van der Waals surface area contributed by atoms with E-state index < -0.39 is 17.1 Å². The summed E-state index contributed by atoms with van der Waals surface area (Å²) in [6.07, 6.45) is 0. The van der Waals surface area contributed by atoms with Gasteiger partial charge in [-0.2, -0.15) is 0 Å². The molecule has 0 bridgehead atoms. The number of amides is 1. The fourth-order valence-electron chi connectivity index (χ4n) is 3.25. The highest BCUT2D eigenvalue weighted by Crippen LogP contribution is 2.48. The molecule has 1 amide bonds. The van der Waals surface area contributed by atoms with E-state index in [1.807, 2.05) is 0 Å². The van der Waals surface area contributed by atoms with Crippen molar-refractivity contribution in [2.75, 3.05) is 40.0 Å². The zero-order valence-electron chi connectivity index (χ0n) is 13.7. The van der Waals surface area contributed by atoms with E-state index in [1.54, 1.807) is 31.2 Å². The summed E-state index contributed by atoms with van der Waals surface area (Å²) in [5, 5.41) is 0. The number of methoxy groups -OCH3 is 1. The van der Waals surface area contributed by atoms with E-state index in [2.05, 4.69) is 0 Å². The molecule has 130 valence electrons. The molecule has 0 radical (unpaired) electrons. The zero-order valence-corrected chi connectivity index (χ0v) is 13.7. The van der Waals surface area contributed by atoms with E-state index in [4.69, 9.17) is 14.2 Å². The van der Waals surface area contributed by atoms with Gasteiger partial charge in [-0.05, 0) is 25.1 Å². The van der Waals surface area contributed by atoms with Crippen LogP contribution in [0.3, 0.4) is 0 Å². The third kappa shape index (κ3) is 2.43. The Bertz CT molecular complexity index is 660. The summed E-state index contributed by atoms with van der Waals surface area (Å²) in [7, 11) is 1.51. The molecule has 2 fully saturated rings. The smallest absolute Gasteiger partial charge is 0.346 e. The predicted octanol–water partition coefficient (Wildman–Crippen LogP) is 1.44. The second kappa shape index (κ2) is 6.05. The topological polar surface area (TPSA) is 65.1 Å². The number of alkyl halides is 1. The number of ether oxygens (including phenoxy) is 3. The van der Waals surface area contributed by atoms with Crippen molar-refractivity contribution in [3.63, 3.8) is 0 Å². The number of carbonyl (C=O) groups excluding carboxylic acids is 2. The average molecular weight is 337 g/mol. The van der Waals surface area contributed by atoms with Crippen LogP contribution in [-0.4, -0.2) is 62.5 Å². The molecule has 1 unspecified atom stereocenters. The van der Waals surface area contributed by atoms with Gasteiger partial charge in [-0.1, -0.05) is 6.07 Å². The minimum atomic E-state index is -2.24. The lowest BCUT2D eigenvalue weighted by Gasteiger charge is -2.43. The van der Waals surface area contributed by atoms with Crippen molar-refractivity contribution in [1.29, 1.82) is 0 Å². The van der Waals surface area contributed by atoms with Gasteiger partial charge in [0.25, 0.3) is 5.91 Å². The van der Waals surface area contributed by atoms with E-state index in [0.29, 0.717) is 11.3 Å². The van der Waals surface area contributed by atoms with Crippen molar-refractivity contribution in [2.45, 2.75) is 12.6 Å². The number of carbonyl (C=O) groups is 2. The Morgan fingerprint density at radius 2 is 2.08 bits per heavy atom. The van der Waals surface area contributed by atoms with Crippen LogP contribution >= 0.6 is 0 Å². The number of hydrogen-bond donors (Lipinski definition) is 0. The normalized spacial score (nSPS) is 24.5. The molecule has 2 aliphatic heterocycles. The molecule has 7 heteroatoms. The van der Waals surface area contributed by atoms with Crippen LogP contribution in [0, 0.1) is 5.41 Å². The Labute approximate surface area is 139 Å². The number of hydrogen-bond acceptors (Lipinski definition) is 5. The zero-order chi connectivity index (χ0) is 17.4. The van der Waals surface area contributed by atoms with Crippen molar-refractivity contribution in [3.05, 3.63) is 29.8 Å². The Balaban J connectivity index is 1.85. The molecule has 24 heavy (non-hydrogen) atoms. The molecule has 0 aliphatic carbocycles. The Morgan fingerprint density at radius 3 is 2.67 bits per heavy atom. The van der Waals surface area contributed by atoms with Gasteiger partial charge in [0.05, 0.1) is 38.9 Å². The molecule has 0 saturated carbocycles. The van der Waals surface area contributed by atoms with E-state index in [0.717, 1.165) is 0 Å². The van der Waals surface area contributed by atoms with Crippen molar-refractivity contribution in [3.8, 4) is 5.75 Å². The van der Waals surface area contributed by atoms with E-state index >= 15 is 4.39 Å². The Hall–Kier alpha value is -2.15. The highest BCUT2D eigenvalue weighted by atomic mass is 19.1. The summed E-state index contributed by atoms with van der Waals surface area (Å²) < 4.78 is 30.7. The lowest BCUT2D eigenvalue weighted by molar-refractivity contribution is -0.196. The Kier molecular flexibility index (Phi) is 4.21. The lowest BCUT2D eigenvalue weighted by atomic mass is 9.74. The molecule has 2 aliphatic rings. The number of nitrogens with zero attached hydrogens (tertiary/aromatic N) is 1. The van der Waals surface area contributed by atoms with Crippen LogP contribution in [0.2, 0.25) is 0 Å². The first-order valence-electron chi connectivity index (χ1n) is 7.83. The van der Waals surface area contributed by atoms with Gasteiger partial charge in [0, 0.05) is 12.1 Å². The van der Waals surface area contributed by atoms with Gasteiger partial charge in [0.15, 0.2) is 0 Å². The molecule has 2 saturated heterocycles. The van der Waals surface area contributed by atoms with E-state index in [9.17, 15) is 9.59 Å². The van der Waals surface area contributed by atoms with Crippen molar-refractivity contribution in [1.82, 2.24) is 4.90 Å². The monoisotopic (exact) mass is 337 g/mol. The summed E-state index contributed by atoms with van der Waals surface area (Å²) >= 11 is 0. The van der Waals surface area contributed by atoms with Crippen LogP contribution < -0.4 is 4.74 Å². The minimum Gasteiger partial charge on any atom is -0.497 e. The standard InChI is InChI=1S/C17H20FNO5/c1-3-24-15(21)17(18)9-19(8-16(17)10-23-11-16)14(20)12-5-4-6-13(7-12)22-2/h4-7H,3,8-11H2,1-2H3. The van der Waals surface area contributed by atoms with Crippen LogP contribution in [0.25, 0.3) is 0 Å². The van der Waals surface area contributed by atoms with Crippen LogP contribution in [0.1, 0.15) is 17.3 Å².